The first-order chi connectivity index (χ1) is 8.10. The molecule has 17 heavy (non-hydrogen) atoms. The van der Waals surface area contributed by atoms with Crippen LogP contribution in [0.4, 0.5) is 5.69 Å². The Morgan fingerprint density at radius 1 is 1.53 bits per heavy atom. The molecule has 1 aromatic carbocycles. The van der Waals surface area contributed by atoms with Crippen LogP contribution in [0.25, 0.3) is 0 Å². The molecular formula is C11H10N2O4. The number of nitro groups is 1. The molecule has 0 unspecified atom stereocenters. The maximum absolute atomic E-state index is 10.6. The van der Waals surface area contributed by atoms with Crippen molar-refractivity contribution in [2.24, 2.45) is 5.92 Å². The highest BCUT2D eigenvalue weighted by Gasteiger charge is 2.31. The first kappa shape index (κ1) is 11.2. The Morgan fingerprint density at radius 3 is 2.82 bits per heavy atom. The molecule has 0 atom stereocenters. The van der Waals surface area contributed by atoms with Gasteiger partial charge in [-0.05, 0) is 12.1 Å². The largest absolute Gasteiger partial charge is 0.502 e. The highest BCUT2D eigenvalue weighted by atomic mass is 16.6. The van der Waals surface area contributed by atoms with Crippen molar-refractivity contribution in [2.45, 2.75) is 18.9 Å². The number of hydrogen-bond acceptors (Lipinski definition) is 5. The molecule has 88 valence electrons. The molecule has 1 aliphatic rings. The number of hydrogen-bond donors (Lipinski definition) is 1. The van der Waals surface area contributed by atoms with Crippen molar-refractivity contribution >= 4 is 5.69 Å². The summed E-state index contributed by atoms with van der Waals surface area (Å²) in [6.45, 7) is 0. The minimum atomic E-state index is -0.666. The minimum Gasteiger partial charge on any atom is -0.502 e. The van der Waals surface area contributed by atoms with Crippen LogP contribution in [0.15, 0.2) is 18.2 Å². The maximum atomic E-state index is 10.6. The minimum absolute atomic E-state index is 0.0205. The molecule has 1 aliphatic carbocycles. The van der Waals surface area contributed by atoms with Gasteiger partial charge in [0.05, 0.1) is 23.0 Å². The van der Waals surface area contributed by atoms with E-state index in [1.54, 1.807) is 0 Å². The van der Waals surface area contributed by atoms with Gasteiger partial charge in [-0.3, -0.25) is 10.1 Å². The lowest BCUT2D eigenvalue weighted by molar-refractivity contribution is -0.386. The fourth-order valence-corrected chi connectivity index (χ4v) is 1.68. The topological polar surface area (TPSA) is 96.4 Å². The number of nitrogens with zero attached hydrogens (tertiary/aromatic N) is 2. The molecule has 0 radical (unpaired) electrons. The van der Waals surface area contributed by atoms with Gasteiger partial charge in [0.2, 0.25) is 0 Å². The molecule has 0 bridgehead atoms. The van der Waals surface area contributed by atoms with E-state index in [0.29, 0.717) is 18.6 Å². The van der Waals surface area contributed by atoms with E-state index in [1.165, 1.54) is 18.2 Å². The standard InChI is InChI=1S/C11H10N2O4/c12-6-7-3-9(4-7)17-8-1-2-11(14)10(5-8)13(15)16/h1-2,5,7,9,14H,3-4H2. The number of rotatable bonds is 3. The van der Waals surface area contributed by atoms with Gasteiger partial charge in [0, 0.05) is 12.8 Å². The van der Waals surface area contributed by atoms with Crippen molar-refractivity contribution in [3.8, 4) is 17.6 Å². The van der Waals surface area contributed by atoms with Gasteiger partial charge in [0.1, 0.15) is 11.9 Å². The van der Waals surface area contributed by atoms with E-state index in [-0.39, 0.29) is 23.5 Å². The second kappa shape index (κ2) is 4.29. The number of aromatic hydroxyl groups is 1. The van der Waals surface area contributed by atoms with E-state index in [4.69, 9.17) is 10.00 Å². The molecule has 0 aromatic heterocycles. The van der Waals surface area contributed by atoms with Gasteiger partial charge in [0.15, 0.2) is 5.75 Å². The van der Waals surface area contributed by atoms with Crippen LogP contribution >= 0.6 is 0 Å². The van der Waals surface area contributed by atoms with Crippen LogP contribution in [0.5, 0.6) is 11.5 Å². The van der Waals surface area contributed by atoms with E-state index < -0.39 is 4.92 Å². The van der Waals surface area contributed by atoms with E-state index in [1.807, 2.05) is 0 Å². The monoisotopic (exact) mass is 234 g/mol. The summed E-state index contributed by atoms with van der Waals surface area (Å²) in [6.07, 6.45) is 1.22. The maximum Gasteiger partial charge on any atom is 0.314 e. The Kier molecular flexibility index (Phi) is 2.83. The lowest BCUT2D eigenvalue weighted by atomic mass is 9.83. The fraction of sp³-hybridized carbons (Fsp3) is 0.364. The van der Waals surface area contributed by atoms with Gasteiger partial charge >= 0.3 is 5.69 Å². The van der Waals surface area contributed by atoms with E-state index >= 15 is 0 Å². The predicted molar refractivity (Wildman–Crippen MR) is 57.5 cm³/mol. The summed E-state index contributed by atoms with van der Waals surface area (Å²) in [7, 11) is 0. The van der Waals surface area contributed by atoms with Crippen molar-refractivity contribution in [3.05, 3.63) is 28.3 Å². The number of nitriles is 1. The molecule has 0 aliphatic heterocycles. The SMILES string of the molecule is N#CC1CC(Oc2ccc(O)c([N+](=O)[O-])c2)C1. The Morgan fingerprint density at radius 2 is 2.24 bits per heavy atom. The molecule has 0 amide bonds. The van der Waals surface area contributed by atoms with Crippen LogP contribution in [-0.2, 0) is 0 Å². The average Bonchev–Trinajstić information content (AvgIpc) is 2.24. The van der Waals surface area contributed by atoms with Crippen LogP contribution in [0.3, 0.4) is 0 Å². The third kappa shape index (κ3) is 2.28. The number of phenolic OH excluding ortho intramolecular Hbond substituents is 1. The lowest BCUT2D eigenvalue weighted by Gasteiger charge is -2.30. The second-order valence-electron chi connectivity index (χ2n) is 3.94. The second-order valence-corrected chi connectivity index (χ2v) is 3.94. The summed E-state index contributed by atoms with van der Waals surface area (Å²) in [5.74, 6) is -0.0196. The summed E-state index contributed by atoms with van der Waals surface area (Å²) in [5, 5.41) is 28.4. The van der Waals surface area contributed by atoms with Crippen LogP contribution in [0.2, 0.25) is 0 Å². The Bertz CT molecular complexity index is 489. The van der Waals surface area contributed by atoms with E-state index in [0.717, 1.165) is 0 Å². The lowest BCUT2D eigenvalue weighted by Crippen LogP contribution is -2.32. The first-order valence-electron chi connectivity index (χ1n) is 5.14. The molecule has 6 nitrogen and oxygen atoms in total. The van der Waals surface area contributed by atoms with Crippen LogP contribution in [0, 0.1) is 27.4 Å². The highest BCUT2D eigenvalue weighted by molar-refractivity contribution is 5.49. The zero-order valence-corrected chi connectivity index (χ0v) is 8.87. The molecule has 6 heteroatoms. The zero-order valence-electron chi connectivity index (χ0n) is 8.87. The van der Waals surface area contributed by atoms with Gasteiger partial charge in [-0.2, -0.15) is 5.26 Å². The summed E-state index contributed by atoms with van der Waals surface area (Å²) in [5.41, 5.74) is -0.376. The highest BCUT2D eigenvalue weighted by Crippen LogP contribution is 2.34. The molecule has 0 spiro atoms. The van der Waals surface area contributed by atoms with Gasteiger partial charge in [-0.1, -0.05) is 0 Å². The molecule has 1 N–H and O–H groups in total. The summed E-state index contributed by atoms with van der Waals surface area (Å²) in [6, 6.07) is 6.02. The van der Waals surface area contributed by atoms with Crippen molar-refractivity contribution in [2.75, 3.05) is 0 Å². The third-order valence-electron chi connectivity index (χ3n) is 2.72. The Labute approximate surface area is 97.2 Å². The van der Waals surface area contributed by atoms with E-state index in [2.05, 4.69) is 6.07 Å². The van der Waals surface area contributed by atoms with Crippen molar-refractivity contribution < 1.29 is 14.8 Å². The van der Waals surface area contributed by atoms with Gasteiger partial charge < -0.3 is 9.84 Å². The van der Waals surface area contributed by atoms with Gasteiger partial charge in [-0.25, -0.2) is 0 Å². The number of nitro benzene ring substituents is 1. The predicted octanol–water partition coefficient (Wildman–Crippen LogP) is 1.98. The smallest absolute Gasteiger partial charge is 0.314 e. The Balaban J connectivity index is 2.05. The molecule has 2 rings (SSSR count). The van der Waals surface area contributed by atoms with Crippen LogP contribution in [0.1, 0.15) is 12.8 Å². The Hall–Kier alpha value is -2.29. The van der Waals surface area contributed by atoms with Gasteiger partial charge in [0.25, 0.3) is 0 Å². The zero-order chi connectivity index (χ0) is 12.4. The normalized spacial score (nSPS) is 22.3. The third-order valence-corrected chi connectivity index (χ3v) is 2.72. The van der Waals surface area contributed by atoms with Crippen LogP contribution < -0.4 is 4.74 Å². The molecule has 1 fully saturated rings. The number of ether oxygens (including phenoxy) is 1. The quantitative estimate of drug-likeness (QED) is 0.637. The summed E-state index contributed by atoms with van der Waals surface area (Å²) in [4.78, 5) is 9.92. The number of benzene rings is 1. The van der Waals surface area contributed by atoms with Crippen molar-refractivity contribution in [3.63, 3.8) is 0 Å². The summed E-state index contributed by atoms with van der Waals surface area (Å²) < 4.78 is 5.46. The molecule has 1 saturated carbocycles. The number of phenols is 1. The molecule has 0 saturated heterocycles. The molecule has 0 heterocycles. The van der Waals surface area contributed by atoms with Gasteiger partial charge in [-0.15, -0.1) is 0 Å². The van der Waals surface area contributed by atoms with Crippen molar-refractivity contribution in [1.29, 1.82) is 5.26 Å². The fourth-order valence-electron chi connectivity index (χ4n) is 1.68. The van der Waals surface area contributed by atoms with Crippen molar-refractivity contribution in [1.82, 2.24) is 0 Å². The first-order valence-corrected chi connectivity index (χ1v) is 5.14. The molecule has 1 aromatic rings. The summed E-state index contributed by atoms with van der Waals surface area (Å²) >= 11 is 0. The van der Waals surface area contributed by atoms with E-state index in [9.17, 15) is 15.2 Å². The molecular weight excluding hydrogens is 224 g/mol. The van der Waals surface area contributed by atoms with Crippen LogP contribution in [-0.4, -0.2) is 16.1 Å². The average molecular weight is 234 g/mol.